The Morgan fingerprint density at radius 2 is 1.15 bits per heavy atom. The number of hydrogen-bond acceptors (Lipinski definition) is 8. The Morgan fingerprint density at radius 3 is 1.60 bits per heavy atom. The van der Waals surface area contributed by atoms with Crippen LogP contribution in [0.5, 0.6) is 11.5 Å². The van der Waals surface area contributed by atoms with Crippen molar-refractivity contribution in [2.45, 2.75) is 77.5 Å². The lowest BCUT2D eigenvalue weighted by atomic mass is 10.0. The fourth-order valence-electron chi connectivity index (χ4n) is 4.62. The van der Waals surface area contributed by atoms with E-state index in [2.05, 4.69) is 4.72 Å². The molecule has 0 saturated heterocycles. The van der Waals surface area contributed by atoms with E-state index in [0.29, 0.717) is 17.7 Å². The Kier molecular flexibility index (Phi) is 16.9. The molecule has 0 fully saturated rings. The molecule has 52 heavy (non-hydrogen) atoms. The van der Waals surface area contributed by atoms with E-state index in [-0.39, 0.29) is 44.2 Å². The molecule has 0 saturated carbocycles. The molecule has 0 aliphatic rings. The largest absolute Gasteiger partial charge is 0.486 e. The van der Waals surface area contributed by atoms with Crippen molar-refractivity contribution in [3.63, 3.8) is 0 Å². The monoisotopic (exact) mass is 738 g/mol. The predicted molar refractivity (Wildman–Crippen MR) is 198 cm³/mol. The van der Waals surface area contributed by atoms with Gasteiger partial charge in [0.05, 0.1) is 47.8 Å². The van der Waals surface area contributed by atoms with Crippen LogP contribution in [0.25, 0.3) is 0 Å². The van der Waals surface area contributed by atoms with Crippen LogP contribution in [0.1, 0.15) is 81.8 Å². The van der Waals surface area contributed by atoms with Crippen molar-refractivity contribution >= 4 is 22.9 Å². The Balaban J connectivity index is 0.000000288. The summed E-state index contributed by atoms with van der Waals surface area (Å²) in [7, 11) is -1.44. The molecule has 0 spiro atoms. The fraction of sp³-hybridized carbons (Fsp3) is 0.350. The van der Waals surface area contributed by atoms with Crippen LogP contribution in [0.2, 0.25) is 0 Å². The van der Waals surface area contributed by atoms with E-state index in [0.717, 1.165) is 11.1 Å². The number of carbonyl (C=O) groups is 2. The number of halogens is 2. The van der Waals surface area contributed by atoms with Crippen LogP contribution in [0.15, 0.2) is 97.1 Å². The molecule has 0 aliphatic heterocycles. The van der Waals surface area contributed by atoms with Crippen molar-refractivity contribution in [1.29, 1.82) is 0 Å². The van der Waals surface area contributed by atoms with Crippen molar-refractivity contribution in [2.24, 2.45) is 5.73 Å². The molecule has 12 heteroatoms. The molecule has 3 N–H and O–H groups in total. The highest BCUT2D eigenvalue weighted by atomic mass is 32.2. The van der Waals surface area contributed by atoms with Gasteiger partial charge in [0.25, 0.3) is 0 Å². The number of nitrogens with one attached hydrogen (secondary N) is 1. The second-order valence-corrected chi connectivity index (χ2v) is 14.6. The van der Waals surface area contributed by atoms with Crippen molar-refractivity contribution in [1.82, 2.24) is 4.72 Å². The van der Waals surface area contributed by atoms with E-state index in [4.69, 9.17) is 24.7 Å². The molecule has 0 unspecified atom stereocenters. The molecule has 3 atom stereocenters. The standard InChI is InChI=1S/C22H28FNO4S.C18H20FNO3/c1-5-27-21(25)14-19(24-29(26)22(2,3)4)17-11-12-20(18(23)13-17)28-15-16-9-7-6-8-10-16;1-2-22-18(21)11-16(20)14-8-9-17(15(19)10-14)23-12-13-6-4-3-5-7-13/h6-13,19,24H,5,14-15H2,1-4H3;3-10,16H,2,11-12,20H2,1H3/t19-,29+;16-/m00/s1. The van der Waals surface area contributed by atoms with Crippen LogP contribution < -0.4 is 19.9 Å². The van der Waals surface area contributed by atoms with Gasteiger partial charge in [-0.2, -0.15) is 0 Å². The second-order valence-electron chi connectivity index (χ2n) is 12.6. The normalized spacial score (nSPS) is 12.8. The second kappa shape index (κ2) is 21.0. The average molecular weight is 739 g/mol. The van der Waals surface area contributed by atoms with Crippen LogP contribution in [0.4, 0.5) is 8.78 Å². The van der Waals surface area contributed by atoms with Gasteiger partial charge in [-0.1, -0.05) is 72.8 Å². The molecule has 4 rings (SSSR count). The summed E-state index contributed by atoms with van der Waals surface area (Å²) in [6.07, 6.45) is -0.0448. The van der Waals surface area contributed by atoms with E-state index in [1.54, 1.807) is 26.0 Å². The minimum absolute atomic E-state index is 0.0114. The Bertz CT molecular complexity index is 1740. The molecule has 0 aliphatic carbocycles. The Hall–Kier alpha value is -4.65. The number of nitrogens with two attached hydrogens (primary N) is 1. The lowest BCUT2D eigenvalue weighted by Crippen LogP contribution is -2.36. The minimum atomic E-state index is -1.44. The van der Waals surface area contributed by atoms with E-state index in [1.807, 2.05) is 81.4 Å². The van der Waals surface area contributed by atoms with Crippen LogP contribution in [-0.4, -0.2) is 34.1 Å². The van der Waals surface area contributed by atoms with Crippen LogP contribution in [-0.2, 0) is 43.3 Å². The zero-order valence-corrected chi connectivity index (χ0v) is 31.1. The summed E-state index contributed by atoms with van der Waals surface area (Å²) >= 11 is 0. The first kappa shape index (κ1) is 41.8. The van der Waals surface area contributed by atoms with Gasteiger partial charge in [-0.3, -0.25) is 9.59 Å². The van der Waals surface area contributed by atoms with Crippen molar-refractivity contribution in [2.75, 3.05) is 13.2 Å². The molecule has 9 nitrogen and oxygen atoms in total. The third-order valence-corrected chi connectivity index (χ3v) is 9.00. The summed E-state index contributed by atoms with van der Waals surface area (Å²) in [5.41, 5.74) is 8.82. The first-order valence-corrected chi connectivity index (χ1v) is 18.1. The minimum Gasteiger partial charge on any atom is -0.486 e. The first-order chi connectivity index (χ1) is 24.8. The van der Waals surface area contributed by atoms with Gasteiger partial charge < -0.3 is 24.7 Å². The number of rotatable bonds is 16. The van der Waals surface area contributed by atoms with Crippen LogP contribution in [0.3, 0.4) is 0 Å². The first-order valence-electron chi connectivity index (χ1n) is 17.0. The number of ether oxygens (including phenoxy) is 4. The number of carbonyl (C=O) groups excluding carboxylic acids is 2. The quantitative estimate of drug-likeness (QED) is 0.112. The topological polar surface area (TPSA) is 126 Å². The van der Waals surface area contributed by atoms with Gasteiger partial charge in [-0.25, -0.2) is 17.7 Å². The molecular formula is C40H48F2N2O7S. The fourth-order valence-corrected chi connectivity index (χ4v) is 5.46. The van der Waals surface area contributed by atoms with E-state index in [9.17, 15) is 22.6 Å². The summed E-state index contributed by atoms with van der Waals surface area (Å²) in [5.74, 6) is -1.62. The highest BCUT2D eigenvalue weighted by Gasteiger charge is 2.26. The maximum absolute atomic E-state index is 14.6. The highest BCUT2D eigenvalue weighted by Crippen LogP contribution is 2.27. The summed E-state index contributed by atoms with van der Waals surface area (Å²) in [4.78, 5) is 23.4. The number of hydrogen-bond donors (Lipinski definition) is 2. The third-order valence-electron chi connectivity index (χ3n) is 7.39. The summed E-state index contributed by atoms with van der Waals surface area (Å²) in [5, 5.41) is 0. The summed E-state index contributed by atoms with van der Waals surface area (Å²) in [6.45, 7) is 9.96. The maximum atomic E-state index is 14.6. The van der Waals surface area contributed by atoms with Gasteiger partial charge in [0.15, 0.2) is 23.1 Å². The van der Waals surface area contributed by atoms with E-state index >= 15 is 0 Å². The predicted octanol–water partition coefficient (Wildman–Crippen LogP) is 7.81. The third kappa shape index (κ3) is 14.2. The molecule has 0 radical (unpaired) electrons. The molecule has 280 valence electrons. The van der Waals surface area contributed by atoms with Gasteiger partial charge in [-0.15, -0.1) is 0 Å². The molecule has 0 heterocycles. The van der Waals surface area contributed by atoms with Crippen molar-refractivity contribution in [3.8, 4) is 11.5 Å². The molecular weight excluding hydrogens is 691 g/mol. The van der Waals surface area contributed by atoms with Gasteiger partial charge in [0.2, 0.25) is 0 Å². The smallest absolute Gasteiger partial charge is 0.307 e. The van der Waals surface area contributed by atoms with Gasteiger partial charge in [-0.05, 0) is 81.1 Å². The zero-order chi connectivity index (χ0) is 38.1. The van der Waals surface area contributed by atoms with Crippen LogP contribution >= 0.6 is 0 Å². The van der Waals surface area contributed by atoms with E-state index < -0.39 is 51.4 Å². The lowest BCUT2D eigenvalue weighted by molar-refractivity contribution is -0.144. The summed E-state index contributed by atoms with van der Waals surface area (Å²) < 4.78 is 64.5. The SMILES string of the molecule is CCOC(=O)C[C@H](N)c1ccc(OCc2ccccc2)c(F)c1.CCOC(=O)C[C@H](N[S@](=O)C(C)(C)C)c1ccc(OCc2ccccc2)c(F)c1. The van der Waals surface area contributed by atoms with Gasteiger partial charge in [0.1, 0.15) is 13.2 Å². The Labute approximate surface area is 307 Å². The highest BCUT2D eigenvalue weighted by molar-refractivity contribution is 7.84. The van der Waals surface area contributed by atoms with Gasteiger partial charge in [0, 0.05) is 6.04 Å². The van der Waals surface area contributed by atoms with Crippen molar-refractivity contribution < 1.29 is 41.5 Å². The molecule has 0 bridgehead atoms. The Morgan fingerprint density at radius 1 is 0.712 bits per heavy atom. The molecule has 0 amide bonds. The van der Waals surface area contributed by atoms with E-state index in [1.165, 1.54) is 24.3 Å². The van der Waals surface area contributed by atoms with Gasteiger partial charge >= 0.3 is 11.9 Å². The molecule has 0 aromatic heterocycles. The van der Waals surface area contributed by atoms with Crippen molar-refractivity contribution in [3.05, 3.63) is 131 Å². The summed E-state index contributed by atoms with van der Waals surface area (Å²) in [6, 6.07) is 26.7. The zero-order valence-electron chi connectivity index (χ0n) is 30.2. The lowest BCUT2D eigenvalue weighted by Gasteiger charge is -2.24. The number of esters is 2. The molecule has 4 aromatic carbocycles. The maximum Gasteiger partial charge on any atom is 0.307 e. The average Bonchev–Trinajstić information content (AvgIpc) is 3.11. The van der Waals surface area contributed by atoms with Crippen LogP contribution in [0, 0.1) is 11.6 Å². The molecule has 4 aromatic rings. The number of benzene rings is 4.